The first-order valence-corrected chi connectivity index (χ1v) is 12.1. The number of fused-ring (bicyclic) bond motifs is 1. The Morgan fingerprint density at radius 3 is 2.61 bits per heavy atom. The molecule has 10 heteroatoms. The van der Waals surface area contributed by atoms with Crippen LogP contribution in [0.3, 0.4) is 0 Å². The van der Waals surface area contributed by atoms with Gasteiger partial charge >= 0.3 is 5.97 Å². The summed E-state index contributed by atoms with van der Waals surface area (Å²) < 4.78 is 11.3. The number of aliphatic carboxylic acids is 1. The number of carboxylic acids is 1. The van der Waals surface area contributed by atoms with Crippen LogP contribution in [0.25, 0.3) is 0 Å². The standard InChI is InChI=1S/C26H32N4O6/c27-26-28-22-9-8-21(36-20-5-2-1-3-6-20)15-18(22)16-29(26)12-4-7-24(32)30(23(17-31)25(33)34)19-10-13-35-14-11-19/h1-3,5-6,8-9,15,19,23,31H,4,7,10-14,16-17H2,(H2,27,28)(H,33,34). The molecular weight excluding hydrogens is 464 g/mol. The predicted molar refractivity (Wildman–Crippen MR) is 133 cm³/mol. The van der Waals surface area contributed by atoms with E-state index < -0.39 is 18.6 Å². The van der Waals surface area contributed by atoms with Crippen LogP contribution in [0, 0.1) is 0 Å². The van der Waals surface area contributed by atoms with E-state index >= 15 is 0 Å². The zero-order valence-electron chi connectivity index (χ0n) is 20.1. The Morgan fingerprint density at radius 1 is 1.17 bits per heavy atom. The third kappa shape index (κ3) is 6.13. The van der Waals surface area contributed by atoms with Crippen molar-refractivity contribution >= 4 is 23.5 Å². The monoisotopic (exact) mass is 496 g/mol. The molecular formula is C26H32N4O6. The van der Waals surface area contributed by atoms with Crippen molar-refractivity contribution < 1.29 is 29.3 Å². The van der Waals surface area contributed by atoms with Gasteiger partial charge in [0.05, 0.1) is 12.3 Å². The molecule has 1 unspecified atom stereocenters. The van der Waals surface area contributed by atoms with Crippen molar-refractivity contribution in [2.24, 2.45) is 10.7 Å². The molecule has 2 aliphatic rings. The first kappa shape index (κ1) is 25.5. The molecule has 1 saturated heterocycles. The largest absolute Gasteiger partial charge is 0.480 e. The summed E-state index contributed by atoms with van der Waals surface area (Å²) in [5.41, 5.74) is 7.92. The summed E-state index contributed by atoms with van der Waals surface area (Å²) in [6.45, 7) is 1.28. The second-order valence-corrected chi connectivity index (χ2v) is 8.88. The zero-order chi connectivity index (χ0) is 25.5. The number of benzene rings is 2. The lowest BCUT2D eigenvalue weighted by Gasteiger charge is -2.37. The van der Waals surface area contributed by atoms with Gasteiger partial charge in [-0.1, -0.05) is 18.2 Å². The van der Waals surface area contributed by atoms with E-state index in [1.54, 1.807) is 0 Å². The maximum atomic E-state index is 13.1. The molecule has 0 saturated carbocycles. The number of para-hydroxylation sites is 1. The summed E-state index contributed by atoms with van der Waals surface area (Å²) in [4.78, 5) is 32.5. The fourth-order valence-electron chi connectivity index (χ4n) is 4.59. The van der Waals surface area contributed by atoms with Crippen molar-refractivity contribution in [1.29, 1.82) is 0 Å². The summed E-state index contributed by atoms with van der Waals surface area (Å²) in [5, 5.41) is 19.2. The molecule has 1 amide bonds. The van der Waals surface area contributed by atoms with Crippen LogP contribution in [0.4, 0.5) is 5.69 Å². The lowest BCUT2D eigenvalue weighted by molar-refractivity contribution is -0.156. The van der Waals surface area contributed by atoms with E-state index in [0.29, 0.717) is 57.3 Å². The van der Waals surface area contributed by atoms with E-state index in [1.165, 1.54) is 4.90 Å². The van der Waals surface area contributed by atoms with Crippen LogP contribution in [0.1, 0.15) is 31.2 Å². The Labute approximate surface area is 209 Å². The molecule has 0 spiro atoms. The van der Waals surface area contributed by atoms with Crippen molar-refractivity contribution in [3.63, 3.8) is 0 Å². The number of hydrogen-bond donors (Lipinski definition) is 3. The number of aliphatic hydroxyl groups excluding tert-OH is 1. The molecule has 192 valence electrons. The number of rotatable bonds is 10. The lowest BCUT2D eigenvalue weighted by atomic mass is 10.0. The van der Waals surface area contributed by atoms with Gasteiger partial charge in [-0.05, 0) is 49.6 Å². The lowest BCUT2D eigenvalue weighted by Crippen LogP contribution is -2.54. The maximum absolute atomic E-state index is 13.1. The highest BCUT2D eigenvalue weighted by atomic mass is 16.5. The molecule has 2 aromatic rings. The minimum atomic E-state index is -1.27. The highest BCUT2D eigenvalue weighted by molar-refractivity contribution is 5.85. The number of nitrogens with zero attached hydrogens (tertiary/aromatic N) is 3. The van der Waals surface area contributed by atoms with Gasteiger partial charge in [0.25, 0.3) is 0 Å². The molecule has 10 nitrogen and oxygen atoms in total. The van der Waals surface area contributed by atoms with Crippen molar-refractivity contribution in [3.8, 4) is 11.5 Å². The number of carboxylic acid groups (broad SMARTS) is 1. The van der Waals surface area contributed by atoms with Crippen molar-refractivity contribution in [2.75, 3.05) is 26.4 Å². The summed E-state index contributed by atoms with van der Waals surface area (Å²) in [5.74, 6) is 0.293. The molecule has 0 radical (unpaired) electrons. The topological polar surface area (TPSA) is 138 Å². The molecule has 1 fully saturated rings. The van der Waals surface area contributed by atoms with Crippen LogP contribution in [-0.2, 0) is 20.9 Å². The third-order valence-corrected chi connectivity index (χ3v) is 6.43. The number of carbonyl (C=O) groups is 2. The van der Waals surface area contributed by atoms with E-state index in [1.807, 2.05) is 53.4 Å². The summed E-state index contributed by atoms with van der Waals surface area (Å²) in [6.07, 6.45) is 1.69. The maximum Gasteiger partial charge on any atom is 0.328 e. The van der Waals surface area contributed by atoms with Gasteiger partial charge in [-0.25, -0.2) is 9.79 Å². The van der Waals surface area contributed by atoms with Crippen molar-refractivity contribution in [2.45, 2.75) is 44.3 Å². The number of carbonyl (C=O) groups excluding carboxylic acids is 1. The first-order valence-electron chi connectivity index (χ1n) is 12.1. The molecule has 1 atom stereocenters. The highest BCUT2D eigenvalue weighted by Crippen LogP contribution is 2.31. The van der Waals surface area contributed by atoms with Gasteiger partial charge in [0.1, 0.15) is 11.5 Å². The van der Waals surface area contributed by atoms with E-state index in [0.717, 1.165) is 17.0 Å². The Balaban J connectivity index is 1.38. The van der Waals surface area contributed by atoms with Gasteiger partial charge in [0.15, 0.2) is 12.0 Å². The van der Waals surface area contributed by atoms with Crippen LogP contribution in [0.2, 0.25) is 0 Å². The Kier molecular flexibility index (Phi) is 8.40. The average molecular weight is 497 g/mol. The first-order chi connectivity index (χ1) is 17.5. The summed E-state index contributed by atoms with van der Waals surface area (Å²) in [7, 11) is 0. The van der Waals surface area contributed by atoms with Crippen molar-refractivity contribution in [1.82, 2.24) is 9.80 Å². The normalized spacial score (nSPS) is 16.6. The number of amides is 1. The fourth-order valence-corrected chi connectivity index (χ4v) is 4.59. The number of aliphatic hydroxyl groups is 1. The Bertz CT molecular complexity index is 1090. The second kappa shape index (κ2) is 11.9. The van der Waals surface area contributed by atoms with Crippen molar-refractivity contribution in [3.05, 3.63) is 54.1 Å². The van der Waals surface area contributed by atoms with Crippen LogP contribution in [0.15, 0.2) is 53.5 Å². The minimum absolute atomic E-state index is 0.134. The number of nitrogens with two attached hydrogens (primary N) is 1. The Morgan fingerprint density at radius 2 is 1.92 bits per heavy atom. The molecule has 0 aromatic heterocycles. The van der Waals surface area contributed by atoms with E-state index in [4.69, 9.17) is 15.2 Å². The molecule has 2 heterocycles. The summed E-state index contributed by atoms with van der Waals surface area (Å²) >= 11 is 0. The molecule has 0 bridgehead atoms. The van der Waals surface area contributed by atoms with Gasteiger partial charge in [-0.15, -0.1) is 0 Å². The SMILES string of the molecule is NC1=Nc2ccc(Oc3ccccc3)cc2CN1CCCC(=O)N(C1CCOCC1)C(CO)C(=O)O. The smallest absolute Gasteiger partial charge is 0.328 e. The molecule has 36 heavy (non-hydrogen) atoms. The predicted octanol–water partition coefficient (Wildman–Crippen LogP) is 2.47. The van der Waals surface area contributed by atoms with Gasteiger partial charge in [0, 0.05) is 44.3 Å². The van der Waals surface area contributed by atoms with E-state index in [-0.39, 0.29) is 18.4 Å². The van der Waals surface area contributed by atoms with Crippen LogP contribution in [-0.4, -0.2) is 76.3 Å². The fraction of sp³-hybridized carbons (Fsp3) is 0.423. The zero-order valence-corrected chi connectivity index (χ0v) is 20.1. The molecule has 0 aliphatic carbocycles. The highest BCUT2D eigenvalue weighted by Gasteiger charge is 2.35. The van der Waals surface area contributed by atoms with Crippen LogP contribution >= 0.6 is 0 Å². The van der Waals surface area contributed by atoms with Gasteiger partial charge in [-0.3, -0.25) is 4.79 Å². The molecule has 2 aromatic carbocycles. The number of ether oxygens (including phenoxy) is 2. The molecule has 4 rings (SSSR count). The Hall–Kier alpha value is -3.63. The number of guanidine groups is 1. The van der Waals surface area contributed by atoms with Crippen LogP contribution in [0.5, 0.6) is 11.5 Å². The average Bonchev–Trinajstić information content (AvgIpc) is 2.88. The van der Waals surface area contributed by atoms with Crippen LogP contribution < -0.4 is 10.5 Å². The number of hydrogen-bond acceptors (Lipinski definition) is 8. The van der Waals surface area contributed by atoms with Gasteiger partial charge in [-0.2, -0.15) is 0 Å². The third-order valence-electron chi connectivity index (χ3n) is 6.43. The van der Waals surface area contributed by atoms with E-state index in [9.17, 15) is 19.8 Å². The summed E-state index contributed by atoms with van der Waals surface area (Å²) in [6, 6.07) is 13.6. The molecule has 2 aliphatic heterocycles. The number of aliphatic imine (C=N–C) groups is 1. The quantitative estimate of drug-likeness (QED) is 0.456. The van der Waals surface area contributed by atoms with Gasteiger partial charge < -0.3 is 35.2 Å². The molecule has 4 N–H and O–H groups in total. The second-order valence-electron chi connectivity index (χ2n) is 8.88. The van der Waals surface area contributed by atoms with Gasteiger partial charge in [0.2, 0.25) is 5.91 Å². The minimum Gasteiger partial charge on any atom is -0.480 e. The van der Waals surface area contributed by atoms with E-state index in [2.05, 4.69) is 4.99 Å².